The van der Waals surface area contributed by atoms with Crippen molar-refractivity contribution in [2.45, 2.75) is 13.0 Å². The third kappa shape index (κ3) is 3.69. The summed E-state index contributed by atoms with van der Waals surface area (Å²) in [6.07, 6.45) is 4.05. The number of carbonyl (C=O) groups excluding carboxylic acids is 1. The third-order valence-electron chi connectivity index (χ3n) is 2.51. The Hall–Kier alpha value is -2.17. The Bertz CT molecular complexity index is 493. The third-order valence-corrected chi connectivity index (χ3v) is 2.51. The molecule has 0 atom stereocenters. The first-order chi connectivity index (χ1) is 8.74. The Morgan fingerprint density at radius 3 is 2.78 bits per heavy atom. The zero-order chi connectivity index (χ0) is 12.8. The predicted octanol–water partition coefficient (Wildman–Crippen LogP) is 1.38. The van der Waals surface area contributed by atoms with Crippen LogP contribution in [0.1, 0.15) is 5.56 Å². The number of halogens is 1. The minimum absolute atomic E-state index is 0.0826. The molecule has 2 rings (SSSR count). The number of amides is 1. The standard InChI is InChI=1S/C13H14FN3O/c14-12-4-2-11(3-5-12)6-8-15-13(18)10-17-9-1-7-16-17/h1-5,7,9H,6,8,10H2,(H,15,18). The maximum absolute atomic E-state index is 12.7. The largest absolute Gasteiger partial charge is 0.354 e. The molecule has 94 valence electrons. The van der Waals surface area contributed by atoms with Gasteiger partial charge in [-0.25, -0.2) is 4.39 Å². The summed E-state index contributed by atoms with van der Waals surface area (Å²) in [7, 11) is 0. The molecule has 0 aliphatic rings. The van der Waals surface area contributed by atoms with Crippen molar-refractivity contribution in [3.05, 3.63) is 54.1 Å². The average Bonchev–Trinajstić information content (AvgIpc) is 2.84. The van der Waals surface area contributed by atoms with Crippen molar-refractivity contribution >= 4 is 5.91 Å². The van der Waals surface area contributed by atoms with Gasteiger partial charge >= 0.3 is 0 Å². The van der Waals surface area contributed by atoms with Crippen molar-refractivity contribution in [1.82, 2.24) is 15.1 Å². The van der Waals surface area contributed by atoms with E-state index < -0.39 is 0 Å². The number of rotatable bonds is 5. The number of carbonyl (C=O) groups is 1. The van der Waals surface area contributed by atoms with Crippen molar-refractivity contribution in [2.75, 3.05) is 6.54 Å². The number of benzene rings is 1. The van der Waals surface area contributed by atoms with Gasteiger partial charge in [-0.3, -0.25) is 9.48 Å². The van der Waals surface area contributed by atoms with Crippen molar-refractivity contribution in [3.63, 3.8) is 0 Å². The summed E-state index contributed by atoms with van der Waals surface area (Å²) in [5.41, 5.74) is 0.996. The van der Waals surface area contributed by atoms with Gasteiger partial charge in [0.15, 0.2) is 0 Å². The van der Waals surface area contributed by atoms with Gasteiger partial charge < -0.3 is 5.32 Å². The van der Waals surface area contributed by atoms with E-state index in [0.29, 0.717) is 13.0 Å². The Morgan fingerprint density at radius 2 is 2.11 bits per heavy atom. The van der Waals surface area contributed by atoms with Crippen LogP contribution in [0.3, 0.4) is 0 Å². The summed E-state index contributed by atoms with van der Waals surface area (Å²) in [6, 6.07) is 8.04. The lowest BCUT2D eigenvalue weighted by molar-refractivity contribution is -0.121. The molecule has 0 unspecified atom stereocenters. The summed E-state index contributed by atoms with van der Waals surface area (Å²) in [6.45, 7) is 0.752. The van der Waals surface area contributed by atoms with Crippen LogP contribution in [0.5, 0.6) is 0 Å². The number of hydrogen-bond donors (Lipinski definition) is 1. The molecule has 1 N–H and O–H groups in total. The van der Waals surface area contributed by atoms with Crippen molar-refractivity contribution < 1.29 is 9.18 Å². The summed E-state index contributed by atoms with van der Waals surface area (Å²) in [5, 5.41) is 6.74. The van der Waals surface area contributed by atoms with Gasteiger partial charge in [0, 0.05) is 18.9 Å². The van der Waals surface area contributed by atoms with Gasteiger partial charge in [-0.15, -0.1) is 0 Å². The molecule has 1 aromatic carbocycles. The predicted molar refractivity (Wildman–Crippen MR) is 65.3 cm³/mol. The molecule has 1 amide bonds. The lowest BCUT2D eigenvalue weighted by Crippen LogP contribution is -2.29. The fraction of sp³-hybridized carbons (Fsp3) is 0.231. The number of aromatic nitrogens is 2. The second-order valence-corrected chi connectivity index (χ2v) is 3.93. The molecule has 0 bridgehead atoms. The van der Waals surface area contributed by atoms with Gasteiger partial charge in [0.2, 0.25) is 5.91 Å². The van der Waals surface area contributed by atoms with Crippen LogP contribution < -0.4 is 5.32 Å². The molecule has 1 aromatic heterocycles. The van der Waals surface area contributed by atoms with E-state index in [1.165, 1.54) is 12.1 Å². The summed E-state index contributed by atoms with van der Waals surface area (Å²) < 4.78 is 14.2. The van der Waals surface area contributed by atoms with E-state index in [1.54, 1.807) is 35.3 Å². The lowest BCUT2D eigenvalue weighted by atomic mass is 10.1. The number of nitrogens with one attached hydrogen (secondary N) is 1. The highest BCUT2D eigenvalue weighted by molar-refractivity contribution is 5.75. The Morgan fingerprint density at radius 1 is 1.33 bits per heavy atom. The highest BCUT2D eigenvalue weighted by atomic mass is 19.1. The van der Waals surface area contributed by atoms with E-state index >= 15 is 0 Å². The topological polar surface area (TPSA) is 46.9 Å². The van der Waals surface area contributed by atoms with E-state index in [4.69, 9.17) is 0 Å². The van der Waals surface area contributed by atoms with Crippen LogP contribution in [0, 0.1) is 5.82 Å². The SMILES string of the molecule is O=C(Cn1cccn1)NCCc1ccc(F)cc1. The summed E-state index contributed by atoms with van der Waals surface area (Å²) in [4.78, 5) is 11.5. The molecule has 2 aromatic rings. The van der Waals surface area contributed by atoms with E-state index in [-0.39, 0.29) is 18.3 Å². The van der Waals surface area contributed by atoms with Crippen LogP contribution in [0.25, 0.3) is 0 Å². The van der Waals surface area contributed by atoms with Crippen molar-refractivity contribution in [1.29, 1.82) is 0 Å². The molecule has 0 aliphatic carbocycles. The molecule has 0 spiro atoms. The van der Waals surface area contributed by atoms with Gasteiger partial charge in [-0.1, -0.05) is 12.1 Å². The fourth-order valence-electron chi connectivity index (χ4n) is 1.59. The van der Waals surface area contributed by atoms with Gasteiger partial charge in [0.05, 0.1) is 0 Å². The Kier molecular flexibility index (Phi) is 4.06. The first kappa shape index (κ1) is 12.3. The van der Waals surface area contributed by atoms with Gasteiger partial charge in [-0.05, 0) is 30.2 Å². The second-order valence-electron chi connectivity index (χ2n) is 3.93. The van der Waals surface area contributed by atoms with Crippen LogP contribution in [-0.2, 0) is 17.8 Å². The van der Waals surface area contributed by atoms with Crippen molar-refractivity contribution in [2.24, 2.45) is 0 Å². The molecule has 18 heavy (non-hydrogen) atoms. The minimum Gasteiger partial charge on any atom is -0.354 e. The molecule has 0 aliphatic heterocycles. The maximum Gasteiger partial charge on any atom is 0.241 e. The molecule has 0 saturated carbocycles. The van der Waals surface area contributed by atoms with E-state index in [9.17, 15) is 9.18 Å². The zero-order valence-corrected chi connectivity index (χ0v) is 9.84. The molecule has 0 saturated heterocycles. The monoisotopic (exact) mass is 247 g/mol. The van der Waals surface area contributed by atoms with Gasteiger partial charge in [0.25, 0.3) is 0 Å². The van der Waals surface area contributed by atoms with Gasteiger partial charge in [-0.2, -0.15) is 5.10 Å². The van der Waals surface area contributed by atoms with Crippen LogP contribution in [0.2, 0.25) is 0 Å². The molecule has 4 nitrogen and oxygen atoms in total. The van der Waals surface area contributed by atoms with Crippen molar-refractivity contribution in [3.8, 4) is 0 Å². The summed E-state index contributed by atoms with van der Waals surface area (Å²) in [5.74, 6) is -0.331. The quantitative estimate of drug-likeness (QED) is 0.867. The zero-order valence-electron chi connectivity index (χ0n) is 9.84. The van der Waals surface area contributed by atoms with E-state index in [1.807, 2.05) is 0 Å². The summed E-state index contributed by atoms with van der Waals surface area (Å²) >= 11 is 0. The minimum atomic E-state index is -0.249. The first-order valence-electron chi connectivity index (χ1n) is 5.72. The number of nitrogens with zero attached hydrogens (tertiary/aromatic N) is 2. The molecule has 5 heteroatoms. The van der Waals surface area contributed by atoms with E-state index in [2.05, 4.69) is 10.4 Å². The first-order valence-corrected chi connectivity index (χ1v) is 5.72. The molecular formula is C13H14FN3O. The molecule has 0 radical (unpaired) electrons. The Labute approximate surface area is 104 Å². The van der Waals surface area contributed by atoms with Crippen LogP contribution in [0.4, 0.5) is 4.39 Å². The van der Waals surface area contributed by atoms with Crippen LogP contribution in [0.15, 0.2) is 42.7 Å². The highest BCUT2D eigenvalue weighted by Crippen LogP contribution is 2.02. The fourth-order valence-corrected chi connectivity index (χ4v) is 1.59. The van der Waals surface area contributed by atoms with Crippen LogP contribution in [-0.4, -0.2) is 22.2 Å². The molecular weight excluding hydrogens is 233 g/mol. The average molecular weight is 247 g/mol. The highest BCUT2D eigenvalue weighted by Gasteiger charge is 2.02. The maximum atomic E-state index is 12.7. The molecule has 0 fully saturated rings. The number of hydrogen-bond acceptors (Lipinski definition) is 2. The van der Waals surface area contributed by atoms with Gasteiger partial charge in [0.1, 0.15) is 12.4 Å². The lowest BCUT2D eigenvalue weighted by Gasteiger charge is -2.05. The van der Waals surface area contributed by atoms with E-state index in [0.717, 1.165) is 5.56 Å². The second kappa shape index (κ2) is 5.95. The van der Waals surface area contributed by atoms with Crippen LogP contribution >= 0.6 is 0 Å². The molecule has 1 heterocycles. The Balaban J connectivity index is 1.72. The normalized spacial score (nSPS) is 10.3. The smallest absolute Gasteiger partial charge is 0.241 e.